The summed E-state index contributed by atoms with van der Waals surface area (Å²) < 4.78 is 5.76. The fourth-order valence-corrected chi connectivity index (χ4v) is 5.28. The van der Waals surface area contributed by atoms with E-state index in [1.165, 1.54) is 4.90 Å². The van der Waals surface area contributed by atoms with Crippen LogP contribution in [0.1, 0.15) is 39.0 Å². The van der Waals surface area contributed by atoms with Gasteiger partial charge < -0.3 is 15.0 Å². The zero-order valence-electron chi connectivity index (χ0n) is 16.1. The SMILES string of the molecule is CNCCC1CCN(C(=O)C(C)N2C(=O)C3C4CCC(O4)C3C2=O)CC1.Cl. The van der Waals surface area contributed by atoms with Crippen molar-refractivity contribution in [3.05, 3.63) is 0 Å². The monoisotopic (exact) mass is 399 g/mol. The number of carbonyl (C=O) groups is 3. The number of imide groups is 1. The molecule has 5 atom stereocenters. The van der Waals surface area contributed by atoms with E-state index in [2.05, 4.69) is 5.32 Å². The molecule has 0 radical (unpaired) electrons. The summed E-state index contributed by atoms with van der Waals surface area (Å²) in [5.41, 5.74) is 0. The molecule has 4 aliphatic rings. The number of ether oxygens (including phenoxy) is 1. The van der Waals surface area contributed by atoms with Crippen LogP contribution in [0.15, 0.2) is 0 Å². The van der Waals surface area contributed by atoms with Crippen LogP contribution in [0.2, 0.25) is 0 Å². The normalized spacial score (nSPS) is 34.0. The number of hydrogen-bond donors (Lipinski definition) is 1. The van der Waals surface area contributed by atoms with Crippen LogP contribution in [0.4, 0.5) is 0 Å². The molecule has 0 aromatic carbocycles. The lowest BCUT2D eigenvalue weighted by Gasteiger charge is -2.35. The molecule has 0 aromatic rings. The first-order valence-corrected chi connectivity index (χ1v) is 9.98. The van der Waals surface area contributed by atoms with E-state index in [0.717, 1.165) is 51.7 Å². The highest BCUT2D eigenvalue weighted by molar-refractivity contribution is 6.09. The Balaban J connectivity index is 0.00000210. The van der Waals surface area contributed by atoms with E-state index in [0.29, 0.717) is 5.92 Å². The molecule has 0 aliphatic carbocycles. The number of carbonyl (C=O) groups excluding carboxylic acids is 3. The maximum Gasteiger partial charge on any atom is 0.245 e. The Kier molecular flexibility index (Phi) is 6.13. The minimum absolute atomic E-state index is 0. The first-order valence-electron chi connectivity index (χ1n) is 9.98. The number of halogens is 1. The maximum atomic E-state index is 12.9. The molecule has 4 saturated heterocycles. The van der Waals surface area contributed by atoms with Gasteiger partial charge in [-0.25, -0.2) is 0 Å². The molecule has 4 heterocycles. The molecular weight excluding hydrogens is 370 g/mol. The van der Waals surface area contributed by atoms with Crippen molar-refractivity contribution in [3.63, 3.8) is 0 Å². The Morgan fingerprint density at radius 1 is 1.11 bits per heavy atom. The van der Waals surface area contributed by atoms with Gasteiger partial charge in [-0.1, -0.05) is 0 Å². The predicted molar refractivity (Wildman–Crippen MR) is 101 cm³/mol. The third kappa shape index (κ3) is 3.38. The molecular formula is C19H30ClN3O4. The van der Waals surface area contributed by atoms with E-state index >= 15 is 0 Å². The molecule has 4 fully saturated rings. The van der Waals surface area contributed by atoms with Gasteiger partial charge in [0.15, 0.2) is 0 Å². The van der Waals surface area contributed by atoms with E-state index in [1.54, 1.807) is 6.92 Å². The van der Waals surface area contributed by atoms with Gasteiger partial charge in [-0.2, -0.15) is 0 Å². The van der Waals surface area contributed by atoms with Crippen LogP contribution in [0.25, 0.3) is 0 Å². The van der Waals surface area contributed by atoms with Crippen LogP contribution in [-0.4, -0.2) is 72.5 Å². The van der Waals surface area contributed by atoms with Crippen molar-refractivity contribution in [1.29, 1.82) is 0 Å². The quantitative estimate of drug-likeness (QED) is 0.692. The Hall–Kier alpha value is -1.18. The Labute approximate surface area is 166 Å². The van der Waals surface area contributed by atoms with Crippen LogP contribution in [0, 0.1) is 17.8 Å². The van der Waals surface area contributed by atoms with E-state index in [4.69, 9.17) is 4.74 Å². The second kappa shape index (κ2) is 8.05. The molecule has 0 spiro atoms. The van der Waals surface area contributed by atoms with Crippen molar-refractivity contribution in [2.75, 3.05) is 26.7 Å². The molecule has 0 saturated carbocycles. The highest BCUT2D eigenvalue weighted by Crippen LogP contribution is 2.49. The van der Waals surface area contributed by atoms with Crippen LogP contribution in [0.5, 0.6) is 0 Å². The lowest BCUT2D eigenvalue weighted by molar-refractivity contribution is -0.153. The number of rotatable bonds is 5. The standard InChI is InChI=1S/C19H29N3O4.ClH/c1-11(17(23)21-9-6-12(7-10-21)5-8-20-2)22-18(24)15-13-3-4-14(26-13)16(15)19(22)25;/h11-16,20H,3-10H2,1-2H3;1H. The summed E-state index contributed by atoms with van der Waals surface area (Å²) in [5.74, 6) is -0.558. The third-order valence-electron chi connectivity index (χ3n) is 6.79. The number of nitrogens with zero attached hydrogens (tertiary/aromatic N) is 2. The molecule has 1 N–H and O–H groups in total. The van der Waals surface area contributed by atoms with Crippen LogP contribution in [0.3, 0.4) is 0 Å². The predicted octanol–water partition coefficient (Wildman–Crippen LogP) is 0.807. The van der Waals surface area contributed by atoms with Gasteiger partial charge in [0.05, 0.1) is 24.0 Å². The average Bonchev–Trinajstić information content (AvgIpc) is 3.33. The fraction of sp³-hybridized carbons (Fsp3) is 0.842. The highest BCUT2D eigenvalue weighted by atomic mass is 35.5. The number of piperidine rings is 1. The zero-order chi connectivity index (χ0) is 18.4. The van der Waals surface area contributed by atoms with Crippen LogP contribution in [-0.2, 0) is 19.1 Å². The van der Waals surface area contributed by atoms with Crippen molar-refractivity contribution < 1.29 is 19.1 Å². The van der Waals surface area contributed by atoms with Crippen molar-refractivity contribution in [1.82, 2.24) is 15.1 Å². The summed E-state index contributed by atoms with van der Waals surface area (Å²) >= 11 is 0. The maximum absolute atomic E-state index is 12.9. The number of nitrogens with one attached hydrogen (secondary N) is 1. The summed E-state index contributed by atoms with van der Waals surface area (Å²) in [6.07, 6.45) is 4.55. The average molecular weight is 400 g/mol. The van der Waals surface area contributed by atoms with E-state index in [-0.39, 0.29) is 54.2 Å². The molecule has 5 unspecified atom stereocenters. The number of likely N-dealkylation sites (tertiary alicyclic amines) is 2. The largest absolute Gasteiger partial charge is 0.373 e. The summed E-state index contributed by atoms with van der Waals surface area (Å²) in [6, 6.07) is -0.700. The number of fused-ring (bicyclic) bond motifs is 5. The Bertz CT molecular complexity index is 580. The van der Waals surface area contributed by atoms with Gasteiger partial charge in [-0.05, 0) is 58.5 Å². The first kappa shape index (κ1) is 20.6. The Morgan fingerprint density at radius 2 is 1.67 bits per heavy atom. The van der Waals surface area contributed by atoms with Crippen molar-refractivity contribution in [2.24, 2.45) is 17.8 Å². The van der Waals surface area contributed by atoms with E-state index in [9.17, 15) is 14.4 Å². The van der Waals surface area contributed by atoms with Crippen LogP contribution < -0.4 is 5.32 Å². The van der Waals surface area contributed by atoms with Crippen molar-refractivity contribution >= 4 is 30.1 Å². The highest BCUT2D eigenvalue weighted by Gasteiger charge is 2.63. The smallest absolute Gasteiger partial charge is 0.245 e. The lowest BCUT2D eigenvalue weighted by Crippen LogP contribution is -2.52. The fourth-order valence-electron chi connectivity index (χ4n) is 5.28. The van der Waals surface area contributed by atoms with Gasteiger partial charge in [0.25, 0.3) is 0 Å². The van der Waals surface area contributed by atoms with Gasteiger partial charge in [-0.15, -0.1) is 12.4 Å². The molecule has 152 valence electrons. The van der Waals surface area contributed by atoms with E-state index < -0.39 is 6.04 Å². The van der Waals surface area contributed by atoms with Crippen molar-refractivity contribution in [2.45, 2.75) is 57.3 Å². The van der Waals surface area contributed by atoms with E-state index in [1.807, 2.05) is 11.9 Å². The summed E-state index contributed by atoms with van der Waals surface area (Å²) in [4.78, 5) is 41.7. The van der Waals surface area contributed by atoms with Gasteiger partial charge >= 0.3 is 0 Å². The lowest BCUT2D eigenvalue weighted by atomic mass is 9.81. The zero-order valence-corrected chi connectivity index (χ0v) is 16.9. The summed E-state index contributed by atoms with van der Waals surface area (Å²) in [7, 11) is 1.96. The molecule has 4 aliphatic heterocycles. The molecule has 0 aromatic heterocycles. The van der Waals surface area contributed by atoms with Crippen molar-refractivity contribution in [3.8, 4) is 0 Å². The molecule has 3 amide bonds. The molecule has 27 heavy (non-hydrogen) atoms. The molecule has 8 heteroatoms. The molecule has 7 nitrogen and oxygen atoms in total. The number of hydrogen-bond acceptors (Lipinski definition) is 5. The molecule has 4 rings (SSSR count). The topological polar surface area (TPSA) is 79.0 Å². The minimum atomic E-state index is -0.700. The van der Waals surface area contributed by atoms with Gasteiger partial charge in [0.2, 0.25) is 17.7 Å². The van der Waals surface area contributed by atoms with Crippen LogP contribution >= 0.6 is 12.4 Å². The summed E-state index contributed by atoms with van der Waals surface area (Å²) in [5, 5.41) is 3.17. The van der Waals surface area contributed by atoms with Gasteiger partial charge in [0.1, 0.15) is 6.04 Å². The van der Waals surface area contributed by atoms with Gasteiger partial charge in [-0.3, -0.25) is 19.3 Å². The minimum Gasteiger partial charge on any atom is -0.373 e. The molecule has 2 bridgehead atoms. The Morgan fingerprint density at radius 3 is 2.19 bits per heavy atom. The second-order valence-corrected chi connectivity index (χ2v) is 8.23. The first-order chi connectivity index (χ1) is 12.5. The second-order valence-electron chi connectivity index (χ2n) is 8.23. The van der Waals surface area contributed by atoms with Gasteiger partial charge in [0, 0.05) is 13.1 Å². The summed E-state index contributed by atoms with van der Waals surface area (Å²) in [6.45, 7) is 4.14. The number of amides is 3. The third-order valence-corrected chi connectivity index (χ3v) is 6.79.